The molecule has 1 unspecified atom stereocenters. The average molecular weight is 999 g/mol. The summed E-state index contributed by atoms with van der Waals surface area (Å²) in [5, 5.41) is 32.3. The van der Waals surface area contributed by atoms with E-state index in [-0.39, 0.29) is 42.6 Å². The molecular weight excluding hydrogens is 953 g/mol. The molecule has 4 aromatic carbocycles. The quantitative estimate of drug-likeness (QED) is 0.0525. The Morgan fingerprint density at radius 3 is 1.80 bits per heavy atom. The number of sulfonamides is 3. The van der Waals surface area contributed by atoms with Gasteiger partial charge in [-0.3, -0.25) is 24.1 Å². The van der Waals surface area contributed by atoms with Crippen molar-refractivity contribution in [1.82, 2.24) is 39.9 Å². The largest absolute Gasteiger partial charge is 0.496 e. The summed E-state index contributed by atoms with van der Waals surface area (Å²) in [6.45, 7) is 4.02. The van der Waals surface area contributed by atoms with Gasteiger partial charge in [0.1, 0.15) is 28.5 Å². The van der Waals surface area contributed by atoms with Gasteiger partial charge in [-0.25, -0.2) is 30.0 Å². The number of anilines is 2. The van der Waals surface area contributed by atoms with Gasteiger partial charge in [-0.2, -0.15) is 10.2 Å². The molecule has 5 N–H and O–H groups in total. The lowest BCUT2D eigenvalue weighted by Crippen LogP contribution is -2.26. The van der Waals surface area contributed by atoms with Gasteiger partial charge in [0.05, 0.1) is 56.7 Å². The van der Waals surface area contributed by atoms with Crippen LogP contribution in [0.15, 0.2) is 130 Å². The van der Waals surface area contributed by atoms with Gasteiger partial charge in [-0.1, -0.05) is 77.6 Å². The molecule has 0 saturated carbocycles. The second-order valence-electron chi connectivity index (χ2n) is 15.5. The topological polar surface area (TPSA) is 277 Å². The molecular formula is C45H46N10O11S3. The number of fused-ring (bicyclic) bond motifs is 2. The molecule has 0 aliphatic heterocycles. The van der Waals surface area contributed by atoms with Crippen LogP contribution in [0.4, 0.5) is 11.6 Å². The number of rotatable bonds is 23. The number of aromatic nitrogens is 6. The molecule has 360 valence electrons. The molecule has 0 aliphatic carbocycles. The highest BCUT2D eigenvalue weighted by atomic mass is 32.2. The van der Waals surface area contributed by atoms with Crippen LogP contribution in [0.1, 0.15) is 39.2 Å². The number of nitrogens with zero attached hydrogens (tertiary/aromatic N) is 6. The highest BCUT2D eigenvalue weighted by Crippen LogP contribution is 2.36. The fourth-order valence-corrected chi connectivity index (χ4v) is 10.1. The van der Waals surface area contributed by atoms with E-state index in [4.69, 9.17) is 18.5 Å². The molecule has 0 amide bonds. The highest BCUT2D eigenvalue weighted by Gasteiger charge is 2.23. The van der Waals surface area contributed by atoms with Crippen molar-refractivity contribution in [2.75, 3.05) is 23.7 Å². The minimum atomic E-state index is -4.07. The van der Waals surface area contributed by atoms with Gasteiger partial charge in [-0.15, -0.1) is 0 Å². The third-order valence-corrected chi connectivity index (χ3v) is 13.8. The Balaban J connectivity index is 0.862. The molecule has 24 heteroatoms. The summed E-state index contributed by atoms with van der Waals surface area (Å²) < 4.78 is 109. The van der Waals surface area contributed by atoms with Crippen LogP contribution in [0.2, 0.25) is 0 Å². The zero-order chi connectivity index (χ0) is 48.8. The highest BCUT2D eigenvalue weighted by molar-refractivity contribution is 7.92. The monoisotopic (exact) mass is 998 g/mol. The first-order valence-electron chi connectivity index (χ1n) is 20.9. The molecule has 0 saturated heterocycles. The van der Waals surface area contributed by atoms with Gasteiger partial charge in [-0.05, 0) is 70.3 Å². The lowest BCUT2D eigenvalue weighted by Gasteiger charge is -2.11. The van der Waals surface area contributed by atoms with Crippen LogP contribution in [0, 0.1) is 0 Å². The van der Waals surface area contributed by atoms with Gasteiger partial charge in [0, 0.05) is 24.3 Å². The Bertz CT molecular complexity index is 3500. The van der Waals surface area contributed by atoms with E-state index in [9.17, 15) is 30.4 Å². The number of hydrogen-bond donors (Lipinski definition) is 5. The standard InChI is InChI=1S/C45H46N10O11S3/c1-4-67(57,58)47-25-36-17-19-55(49-36)27-32-21-38(64-3)43-40(23-32)66-51-45(43)53-69(61,62)29-34-13-9-8-12-33(34)14-15-41(56)46-24-35-16-18-54(48-35)26-31-20-37(63-2)42-39(22-31)65-50-44(42)52-68(59,60)28-30-10-6-5-7-11-30/h4-23,41,46-47,56H,1,24-29H2,2-3H3,(H,50,52)(H,51,53)/b15-14+. The van der Waals surface area contributed by atoms with E-state index in [1.807, 2.05) is 0 Å². The molecule has 1 atom stereocenters. The van der Waals surface area contributed by atoms with E-state index in [1.165, 1.54) is 20.3 Å². The first kappa shape index (κ1) is 48.1. The summed E-state index contributed by atoms with van der Waals surface area (Å²) in [6.07, 6.45) is 5.44. The first-order valence-corrected chi connectivity index (χ1v) is 25.7. The summed E-state index contributed by atoms with van der Waals surface area (Å²) in [5.41, 5.74) is 4.74. The maximum absolute atomic E-state index is 13.6. The first-order chi connectivity index (χ1) is 33.1. The molecule has 4 heterocycles. The predicted octanol–water partition coefficient (Wildman–Crippen LogP) is 5.04. The molecule has 0 bridgehead atoms. The Hall–Kier alpha value is -7.35. The van der Waals surface area contributed by atoms with Gasteiger partial charge in [0.15, 0.2) is 22.8 Å². The molecule has 8 aromatic rings. The summed E-state index contributed by atoms with van der Waals surface area (Å²) in [5.74, 6) is -0.0653. The number of methoxy groups -OCH3 is 2. The molecule has 0 spiro atoms. The minimum absolute atomic E-state index is 0.0163. The smallest absolute Gasteiger partial charge is 0.238 e. The van der Waals surface area contributed by atoms with Gasteiger partial charge in [0.25, 0.3) is 0 Å². The maximum Gasteiger partial charge on any atom is 0.238 e. The molecule has 69 heavy (non-hydrogen) atoms. The fourth-order valence-electron chi connectivity index (χ4n) is 7.27. The summed E-state index contributed by atoms with van der Waals surface area (Å²) >= 11 is 0. The van der Waals surface area contributed by atoms with Crippen LogP contribution < -0.4 is 29.0 Å². The average Bonchev–Trinajstić information content (AvgIpc) is 4.15. The molecule has 0 radical (unpaired) electrons. The Labute approximate surface area is 396 Å². The Morgan fingerprint density at radius 1 is 0.696 bits per heavy atom. The van der Waals surface area contributed by atoms with Crippen molar-refractivity contribution in [2.45, 2.75) is 43.9 Å². The molecule has 8 rings (SSSR count). The van der Waals surface area contributed by atoms with Crippen molar-refractivity contribution in [1.29, 1.82) is 0 Å². The Morgan fingerprint density at radius 2 is 1.23 bits per heavy atom. The second kappa shape index (κ2) is 20.5. The lowest BCUT2D eigenvalue weighted by molar-refractivity contribution is 0.183. The third-order valence-electron chi connectivity index (χ3n) is 10.4. The maximum atomic E-state index is 13.6. The zero-order valence-corrected chi connectivity index (χ0v) is 39.5. The molecule has 4 aromatic heterocycles. The van der Waals surface area contributed by atoms with Crippen LogP contribution in [-0.4, -0.2) is 80.7 Å². The minimum Gasteiger partial charge on any atom is -0.496 e. The van der Waals surface area contributed by atoms with Crippen LogP contribution in [0.5, 0.6) is 11.5 Å². The summed E-state index contributed by atoms with van der Waals surface area (Å²) in [7, 11) is -8.59. The van der Waals surface area contributed by atoms with Crippen LogP contribution in [0.25, 0.3) is 28.0 Å². The van der Waals surface area contributed by atoms with Crippen molar-refractivity contribution in [3.05, 3.63) is 161 Å². The Kier molecular flexibility index (Phi) is 14.3. The van der Waals surface area contributed by atoms with E-state index in [1.54, 1.807) is 119 Å². The van der Waals surface area contributed by atoms with Crippen molar-refractivity contribution in [3.8, 4) is 11.5 Å². The molecule has 0 aliphatic rings. The predicted molar refractivity (Wildman–Crippen MR) is 257 cm³/mol. The summed E-state index contributed by atoms with van der Waals surface area (Å²) in [4.78, 5) is 0. The van der Waals surface area contributed by atoms with Gasteiger partial charge >= 0.3 is 0 Å². The van der Waals surface area contributed by atoms with Crippen molar-refractivity contribution in [3.63, 3.8) is 0 Å². The number of nitrogens with one attached hydrogen (secondary N) is 4. The van der Waals surface area contributed by atoms with Crippen LogP contribution in [0.3, 0.4) is 0 Å². The van der Waals surface area contributed by atoms with Gasteiger partial charge < -0.3 is 23.6 Å². The van der Waals surface area contributed by atoms with E-state index >= 15 is 0 Å². The third kappa shape index (κ3) is 12.2. The number of aliphatic hydroxyl groups excluding tert-OH is 1. The normalized spacial score (nSPS) is 12.7. The van der Waals surface area contributed by atoms with Crippen molar-refractivity contribution < 1.29 is 48.9 Å². The van der Waals surface area contributed by atoms with E-state index in [2.05, 4.69) is 46.6 Å². The van der Waals surface area contributed by atoms with Crippen LogP contribution >= 0.6 is 0 Å². The SMILES string of the molecule is C=CS(=O)(=O)NCc1ccn(Cc2cc(OC)c3c(NS(=O)(=O)Cc4ccccc4/C=C/C(O)NCc4ccn(Cc5cc(OC)c6c(NS(=O)(=O)Cc7ccccc7)noc6c5)n4)noc3c2)n1. The second-order valence-corrected chi connectivity index (χ2v) is 20.7. The summed E-state index contributed by atoms with van der Waals surface area (Å²) in [6, 6.07) is 25.9. The zero-order valence-electron chi connectivity index (χ0n) is 37.0. The lowest BCUT2D eigenvalue weighted by atomic mass is 10.1. The molecule has 21 nitrogen and oxygen atoms in total. The van der Waals surface area contributed by atoms with E-state index in [0.29, 0.717) is 68.0 Å². The van der Waals surface area contributed by atoms with E-state index in [0.717, 1.165) is 11.0 Å². The number of hydrogen-bond acceptors (Lipinski definition) is 16. The number of aliphatic hydroxyl groups is 1. The van der Waals surface area contributed by atoms with Crippen LogP contribution in [-0.2, 0) is 67.8 Å². The van der Waals surface area contributed by atoms with E-state index < -0.39 is 42.1 Å². The van der Waals surface area contributed by atoms with Gasteiger partial charge in [0.2, 0.25) is 30.1 Å². The fraction of sp³-hybridized carbons (Fsp3) is 0.200. The number of ether oxygens (including phenoxy) is 2. The van der Waals surface area contributed by atoms with Crippen molar-refractivity contribution in [2.24, 2.45) is 0 Å². The van der Waals surface area contributed by atoms with Crippen molar-refractivity contribution >= 4 is 69.7 Å². The molecule has 0 fully saturated rings. The number of benzene rings is 4.